The van der Waals surface area contributed by atoms with Gasteiger partial charge < -0.3 is 24.8 Å². The van der Waals surface area contributed by atoms with E-state index >= 15 is 0 Å². The first-order valence-electron chi connectivity index (χ1n) is 7.33. The first-order chi connectivity index (χ1) is 11.7. The van der Waals surface area contributed by atoms with Crippen LogP contribution >= 0.6 is 0 Å². The Labute approximate surface area is 144 Å². The number of rotatable bonds is 3. The van der Waals surface area contributed by atoms with Crippen molar-refractivity contribution in [3.8, 4) is 23.0 Å². The molecule has 0 amide bonds. The van der Waals surface area contributed by atoms with Crippen LogP contribution in [0.3, 0.4) is 0 Å². The summed E-state index contributed by atoms with van der Waals surface area (Å²) in [6.07, 6.45) is 0. The molecule has 0 atom stereocenters. The number of esters is 2. The quantitative estimate of drug-likeness (QED) is 0.578. The molecule has 0 spiro atoms. The van der Waals surface area contributed by atoms with Gasteiger partial charge in [0.2, 0.25) is 0 Å². The average Bonchev–Trinajstić information content (AvgIpc) is 2.51. The highest BCUT2D eigenvalue weighted by molar-refractivity contribution is 5.97. The number of aromatic hydroxyl groups is 3. The zero-order valence-electron chi connectivity index (χ0n) is 14.2. The van der Waals surface area contributed by atoms with E-state index in [1.165, 1.54) is 26.2 Å². The average molecular weight is 346 g/mol. The van der Waals surface area contributed by atoms with Crippen molar-refractivity contribution in [2.45, 2.75) is 20.8 Å². The number of carbonyl (C=O) groups excluding carboxylic acids is 2. The molecule has 0 aliphatic heterocycles. The van der Waals surface area contributed by atoms with Gasteiger partial charge >= 0.3 is 11.9 Å². The van der Waals surface area contributed by atoms with Crippen molar-refractivity contribution in [2.75, 3.05) is 7.11 Å². The van der Waals surface area contributed by atoms with E-state index in [9.17, 15) is 24.9 Å². The van der Waals surface area contributed by atoms with Crippen molar-refractivity contribution in [3.05, 3.63) is 46.0 Å². The number of methoxy groups -OCH3 is 1. The Morgan fingerprint density at radius 1 is 0.840 bits per heavy atom. The van der Waals surface area contributed by atoms with Crippen LogP contribution in [0.25, 0.3) is 0 Å². The van der Waals surface area contributed by atoms with Crippen LogP contribution in [-0.2, 0) is 4.74 Å². The molecule has 0 heterocycles. The summed E-state index contributed by atoms with van der Waals surface area (Å²) in [5.41, 5.74) is 0.721. The van der Waals surface area contributed by atoms with Crippen molar-refractivity contribution in [1.82, 2.24) is 0 Å². The van der Waals surface area contributed by atoms with Crippen molar-refractivity contribution < 1.29 is 34.4 Å². The SMILES string of the molecule is COC(=O)c1c(C)cc(OC(=O)c2c(C)cc(O)c(C)c2O)cc1O. The molecule has 2 aromatic rings. The number of benzene rings is 2. The molecule has 0 aliphatic rings. The maximum atomic E-state index is 12.4. The number of hydrogen-bond acceptors (Lipinski definition) is 7. The maximum absolute atomic E-state index is 12.4. The summed E-state index contributed by atoms with van der Waals surface area (Å²) < 4.78 is 9.77. The number of phenols is 3. The third-order valence-electron chi connectivity index (χ3n) is 3.82. The predicted octanol–water partition coefficient (Wildman–Crippen LogP) is 2.73. The Balaban J connectivity index is 2.40. The lowest BCUT2D eigenvalue weighted by molar-refractivity contribution is 0.0596. The highest BCUT2D eigenvalue weighted by Crippen LogP contribution is 2.34. The van der Waals surface area contributed by atoms with E-state index in [1.54, 1.807) is 13.8 Å². The van der Waals surface area contributed by atoms with Crippen LogP contribution in [0, 0.1) is 20.8 Å². The van der Waals surface area contributed by atoms with Gasteiger partial charge in [-0.25, -0.2) is 9.59 Å². The zero-order valence-corrected chi connectivity index (χ0v) is 14.2. The second-order valence-corrected chi connectivity index (χ2v) is 5.58. The molecule has 25 heavy (non-hydrogen) atoms. The predicted molar refractivity (Wildman–Crippen MR) is 88.4 cm³/mol. The van der Waals surface area contributed by atoms with Gasteiger partial charge in [0, 0.05) is 11.6 Å². The van der Waals surface area contributed by atoms with Crippen LogP contribution in [0.2, 0.25) is 0 Å². The summed E-state index contributed by atoms with van der Waals surface area (Å²) in [5, 5.41) is 29.7. The van der Waals surface area contributed by atoms with Gasteiger partial charge in [-0.1, -0.05) is 0 Å². The molecule has 2 aromatic carbocycles. The van der Waals surface area contributed by atoms with Gasteiger partial charge in [0.25, 0.3) is 0 Å². The second kappa shape index (κ2) is 6.72. The van der Waals surface area contributed by atoms with E-state index in [0.29, 0.717) is 11.1 Å². The number of carbonyl (C=O) groups is 2. The molecule has 0 unspecified atom stereocenters. The standard InChI is InChI=1S/C18H18O7/c1-8-5-11(7-13(20)14(8)17(22)24-4)25-18(23)15-9(2)6-12(19)10(3)16(15)21/h5-7,19-21H,1-4H3. The Hall–Kier alpha value is -3.22. The van der Waals surface area contributed by atoms with Crippen LogP contribution < -0.4 is 4.74 Å². The van der Waals surface area contributed by atoms with Crippen molar-refractivity contribution in [2.24, 2.45) is 0 Å². The third kappa shape index (κ3) is 3.35. The van der Waals surface area contributed by atoms with Crippen molar-refractivity contribution in [1.29, 1.82) is 0 Å². The monoisotopic (exact) mass is 346 g/mol. The van der Waals surface area contributed by atoms with Gasteiger partial charge in [-0.05, 0) is 44.0 Å². The van der Waals surface area contributed by atoms with E-state index in [2.05, 4.69) is 4.74 Å². The topological polar surface area (TPSA) is 113 Å². The van der Waals surface area contributed by atoms with E-state index in [1.807, 2.05) is 0 Å². The summed E-state index contributed by atoms with van der Waals surface area (Å²) in [6, 6.07) is 3.84. The van der Waals surface area contributed by atoms with Crippen LogP contribution in [-0.4, -0.2) is 34.4 Å². The van der Waals surface area contributed by atoms with E-state index in [4.69, 9.17) is 4.74 Å². The second-order valence-electron chi connectivity index (χ2n) is 5.58. The molecule has 0 radical (unpaired) electrons. The molecule has 7 heteroatoms. The van der Waals surface area contributed by atoms with E-state index < -0.39 is 17.7 Å². The van der Waals surface area contributed by atoms with Crippen LogP contribution in [0.1, 0.15) is 37.4 Å². The molecule has 3 N–H and O–H groups in total. The van der Waals surface area contributed by atoms with Gasteiger partial charge in [0.1, 0.15) is 34.1 Å². The minimum atomic E-state index is -0.859. The molecule has 0 bridgehead atoms. The highest BCUT2D eigenvalue weighted by Gasteiger charge is 2.22. The summed E-state index contributed by atoms with van der Waals surface area (Å²) >= 11 is 0. The zero-order chi connectivity index (χ0) is 18.9. The maximum Gasteiger partial charge on any atom is 0.347 e. The molecule has 7 nitrogen and oxygen atoms in total. The van der Waals surface area contributed by atoms with Gasteiger partial charge in [-0.3, -0.25) is 0 Å². The molecular weight excluding hydrogens is 328 g/mol. The highest BCUT2D eigenvalue weighted by atomic mass is 16.5. The molecule has 132 valence electrons. The fraction of sp³-hybridized carbons (Fsp3) is 0.222. The van der Waals surface area contributed by atoms with Crippen LogP contribution in [0.5, 0.6) is 23.0 Å². The van der Waals surface area contributed by atoms with Crippen molar-refractivity contribution in [3.63, 3.8) is 0 Å². The lowest BCUT2D eigenvalue weighted by atomic mass is 10.0. The molecular formula is C18H18O7. The molecule has 0 aromatic heterocycles. The third-order valence-corrected chi connectivity index (χ3v) is 3.82. The number of aryl methyl sites for hydroxylation is 2. The largest absolute Gasteiger partial charge is 0.508 e. The minimum absolute atomic E-state index is 0.00261. The smallest absolute Gasteiger partial charge is 0.347 e. The Morgan fingerprint density at radius 3 is 2.00 bits per heavy atom. The Kier molecular flexibility index (Phi) is 4.87. The molecule has 0 fully saturated rings. The lowest BCUT2D eigenvalue weighted by Crippen LogP contribution is -2.12. The Morgan fingerprint density at radius 2 is 1.44 bits per heavy atom. The van der Waals surface area contributed by atoms with E-state index in [-0.39, 0.29) is 33.9 Å². The van der Waals surface area contributed by atoms with Crippen molar-refractivity contribution >= 4 is 11.9 Å². The van der Waals surface area contributed by atoms with Gasteiger partial charge in [0.15, 0.2) is 0 Å². The lowest BCUT2D eigenvalue weighted by Gasteiger charge is -2.13. The molecule has 0 aliphatic carbocycles. The summed E-state index contributed by atoms with van der Waals surface area (Å²) in [4.78, 5) is 24.0. The molecule has 0 saturated carbocycles. The number of phenolic OH excluding ortho intramolecular Hbond substituents is 3. The molecule has 0 saturated heterocycles. The number of ether oxygens (including phenoxy) is 2. The summed E-state index contributed by atoms with van der Waals surface area (Å²) in [7, 11) is 1.19. The first kappa shape index (κ1) is 18.1. The fourth-order valence-corrected chi connectivity index (χ4v) is 2.46. The first-order valence-corrected chi connectivity index (χ1v) is 7.33. The van der Waals surface area contributed by atoms with Gasteiger partial charge in [-0.2, -0.15) is 0 Å². The number of hydrogen-bond donors (Lipinski definition) is 3. The van der Waals surface area contributed by atoms with Crippen LogP contribution in [0.15, 0.2) is 18.2 Å². The van der Waals surface area contributed by atoms with E-state index in [0.717, 1.165) is 6.07 Å². The van der Waals surface area contributed by atoms with Gasteiger partial charge in [-0.15, -0.1) is 0 Å². The normalized spacial score (nSPS) is 10.4. The minimum Gasteiger partial charge on any atom is -0.508 e. The molecule has 2 rings (SSSR count). The summed E-state index contributed by atoms with van der Waals surface area (Å²) in [5.74, 6) is -2.48. The van der Waals surface area contributed by atoms with Crippen LogP contribution in [0.4, 0.5) is 0 Å². The van der Waals surface area contributed by atoms with Gasteiger partial charge in [0.05, 0.1) is 7.11 Å². The fourth-order valence-electron chi connectivity index (χ4n) is 2.46. The Bertz CT molecular complexity index is 845. The summed E-state index contributed by atoms with van der Waals surface area (Å²) in [6.45, 7) is 4.55.